The summed E-state index contributed by atoms with van der Waals surface area (Å²) in [6.07, 6.45) is 2.85. The molecular formula is C22H25NO6. The molecule has 3 rings (SSSR count). The zero-order valence-corrected chi connectivity index (χ0v) is 16.6. The van der Waals surface area contributed by atoms with Crippen LogP contribution in [0.15, 0.2) is 58.4 Å². The van der Waals surface area contributed by atoms with Gasteiger partial charge in [0.2, 0.25) is 5.78 Å². The second-order valence-corrected chi connectivity index (χ2v) is 6.73. The monoisotopic (exact) mass is 399 g/mol. The first-order valence-corrected chi connectivity index (χ1v) is 9.62. The Balaban J connectivity index is 1.96. The molecule has 2 aromatic rings. The standard InChI is InChI=1S/C22H25NO6/c1-3-12-28-16-9-7-15(8-10-16)19-18(20(24)17-6-4-14-29-17)21(25)22(26)23(19)11-5-13-27-2/h4,6-10,14,19,25H,3,5,11-13H2,1-2H3. The molecule has 1 N–H and O–H groups in total. The minimum Gasteiger partial charge on any atom is -0.503 e. The lowest BCUT2D eigenvalue weighted by Gasteiger charge is -2.26. The van der Waals surface area contributed by atoms with Gasteiger partial charge in [-0.05, 0) is 42.7 Å². The minimum atomic E-state index is -0.711. The van der Waals surface area contributed by atoms with Crippen molar-refractivity contribution in [1.29, 1.82) is 0 Å². The lowest BCUT2D eigenvalue weighted by Crippen LogP contribution is -2.32. The van der Waals surface area contributed by atoms with Crippen LogP contribution in [0.3, 0.4) is 0 Å². The Morgan fingerprint density at radius 2 is 1.97 bits per heavy atom. The van der Waals surface area contributed by atoms with E-state index < -0.39 is 23.5 Å². The van der Waals surface area contributed by atoms with E-state index in [0.717, 1.165) is 6.42 Å². The maximum atomic E-state index is 13.0. The molecule has 7 nitrogen and oxygen atoms in total. The summed E-state index contributed by atoms with van der Waals surface area (Å²) >= 11 is 0. The first kappa shape index (κ1) is 20.7. The number of carbonyl (C=O) groups excluding carboxylic acids is 2. The molecule has 1 unspecified atom stereocenters. The number of rotatable bonds is 10. The lowest BCUT2D eigenvalue weighted by molar-refractivity contribution is -0.129. The average Bonchev–Trinajstić information content (AvgIpc) is 3.35. The molecule has 1 aliphatic rings. The summed E-state index contributed by atoms with van der Waals surface area (Å²) in [5, 5.41) is 10.5. The van der Waals surface area contributed by atoms with Gasteiger partial charge in [0, 0.05) is 20.3 Å². The number of aliphatic hydroxyl groups is 1. The van der Waals surface area contributed by atoms with Crippen LogP contribution in [0.4, 0.5) is 0 Å². The molecule has 0 radical (unpaired) electrons. The van der Waals surface area contributed by atoms with Crippen molar-refractivity contribution >= 4 is 11.7 Å². The van der Waals surface area contributed by atoms with Gasteiger partial charge in [-0.3, -0.25) is 9.59 Å². The largest absolute Gasteiger partial charge is 0.503 e. The summed E-state index contributed by atoms with van der Waals surface area (Å²) in [6, 6.07) is 9.60. The predicted octanol–water partition coefficient (Wildman–Crippen LogP) is 3.68. The van der Waals surface area contributed by atoms with E-state index in [-0.39, 0.29) is 11.3 Å². The highest BCUT2D eigenvalue weighted by molar-refractivity contribution is 6.15. The van der Waals surface area contributed by atoms with Crippen LogP contribution in [0.2, 0.25) is 0 Å². The molecule has 0 aliphatic carbocycles. The third-order valence-corrected chi connectivity index (χ3v) is 4.71. The zero-order valence-electron chi connectivity index (χ0n) is 16.6. The second kappa shape index (κ2) is 9.43. The number of ketones is 1. The summed E-state index contributed by atoms with van der Waals surface area (Å²) in [4.78, 5) is 27.2. The average molecular weight is 399 g/mol. The summed E-state index contributed by atoms with van der Waals surface area (Å²) in [7, 11) is 1.58. The first-order chi connectivity index (χ1) is 14.1. The maximum absolute atomic E-state index is 13.0. The highest BCUT2D eigenvalue weighted by Gasteiger charge is 2.44. The smallest absolute Gasteiger partial charge is 0.290 e. The molecule has 1 atom stereocenters. The van der Waals surface area contributed by atoms with Crippen molar-refractivity contribution in [2.75, 3.05) is 26.9 Å². The molecule has 1 amide bonds. The summed E-state index contributed by atoms with van der Waals surface area (Å²) in [5.41, 5.74) is 0.725. The van der Waals surface area contributed by atoms with Crippen LogP contribution in [0.5, 0.6) is 5.75 Å². The first-order valence-electron chi connectivity index (χ1n) is 9.62. The Labute approximate surface area is 169 Å². The third kappa shape index (κ3) is 4.35. The molecule has 2 heterocycles. The van der Waals surface area contributed by atoms with Crippen molar-refractivity contribution in [1.82, 2.24) is 4.90 Å². The molecule has 1 aromatic heterocycles. The van der Waals surface area contributed by atoms with Crippen LogP contribution in [0.25, 0.3) is 0 Å². The van der Waals surface area contributed by atoms with Gasteiger partial charge < -0.3 is 23.9 Å². The molecule has 0 bridgehead atoms. The van der Waals surface area contributed by atoms with Crippen LogP contribution >= 0.6 is 0 Å². The van der Waals surface area contributed by atoms with Gasteiger partial charge in [0.05, 0.1) is 24.5 Å². The Hall–Kier alpha value is -3.06. The van der Waals surface area contributed by atoms with E-state index in [2.05, 4.69) is 0 Å². The molecule has 1 aliphatic heterocycles. The molecule has 0 fully saturated rings. The van der Waals surface area contributed by atoms with Crippen molar-refractivity contribution in [3.8, 4) is 5.75 Å². The number of aliphatic hydroxyl groups excluding tert-OH is 1. The molecule has 29 heavy (non-hydrogen) atoms. The topological polar surface area (TPSA) is 89.2 Å². The van der Waals surface area contributed by atoms with E-state index in [0.29, 0.717) is 37.5 Å². The maximum Gasteiger partial charge on any atom is 0.290 e. The van der Waals surface area contributed by atoms with Crippen LogP contribution in [0.1, 0.15) is 41.9 Å². The highest BCUT2D eigenvalue weighted by atomic mass is 16.5. The fraction of sp³-hybridized carbons (Fsp3) is 0.364. The van der Waals surface area contributed by atoms with Crippen molar-refractivity contribution in [2.24, 2.45) is 0 Å². The van der Waals surface area contributed by atoms with E-state index in [1.807, 2.05) is 6.92 Å². The highest BCUT2D eigenvalue weighted by Crippen LogP contribution is 2.39. The summed E-state index contributed by atoms with van der Waals surface area (Å²) < 4.78 is 15.9. The van der Waals surface area contributed by atoms with Gasteiger partial charge in [0.15, 0.2) is 11.5 Å². The Bertz CT molecular complexity index is 869. The number of amides is 1. The number of nitrogens with zero attached hydrogens (tertiary/aromatic N) is 1. The Kier molecular flexibility index (Phi) is 6.72. The van der Waals surface area contributed by atoms with Crippen molar-refractivity contribution in [3.63, 3.8) is 0 Å². The molecular weight excluding hydrogens is 374 g/mol. The Morgan fingerprint density at radius 1 is 1.21 bits per heavy atom. The summed E-state index contributed by atoms with van der Waals surface area (Å²) in [5.74, 6) is -0.845. The fourth-order valence-electron chi connectivity index (χ4n) is 3.35. The Morgan fingerprint density at radius 3 is 2.59 bits per heavy atom. The van der Waals surface area contributed by atoms with Crippen molar-refractivity contribution in [2.45, 2.75) is 25.8 Å². The van der Waals surface area contributed by atoms with Crippen LogP contribution < -0.4 is 4.74 Å². The molecule has 154 valence electrons. The van der Waals surface area contributed by atoms with E-state index in [4.69, 9.17) is 13.9 Å². The number of Topliss-reactive ketones (excluding diaryl/α,β-unsaturated/α-hetero) is 1. The number of hydrogen-bond donors (Lipinski definition) is 1. The van der Waals surface area contributed by atoms with E-state index in [1.54, 1.807) is 37.4 Å². The van der Waals surface area contributed by atoms with Gasteiger partial charge in [-0.2, -0.15) is 0 Å². The van der Waals surface area contributed by atoms with Gasteiger partial charge in [-0.25, -0.2) is 0 Å². The predicted molar refractivity (Wildman–Crippen MR) is 106 cm³/mol. The number of ether oxygens (including phenoxy) is 2. The number of methoxy groups -OCH3 is 1. The normalized spacial score (nSPS) is 16.6. The van der Waals surface area contributed by atoms with Gasteiger partial charge in [0.1, 0.15) is 5.75 Å². The van der Waals surface area contributed by atoms with Gasteiger partial charge in [0.25, 0.3) is 5.91 Å². The number of hydrogen-bond acceptors (Lipinski definition) is 6. The SMILES string of the molecule is CCCOc1ccc(C2C(C(=O)c3ccco3)=C(O)C(=O)N2CCCOC)cc1. The fourth-order valence-corrected chi connectivity index (χ4v) is 3.35. The van der Waals surface area contributed by atoms with Gasteiger partial charge in [-0.15, -0.1) is 0 Å². The van der Waals surface area contributed by atoms with Gasteiger partial charge in [-0.1, -0.05) is 19.1 Å². The van der Waals surface area contributed by atoms with Crippen LogP contribution in [-0.4, -0.2) is 48.6 Å². The molecule has 1 aromatic carbocycles. The third-order valence-electron chi connectivity index (χ3n) is 4.71. The lowest BCUT2D eigenvalue weighted by atomic mass is 9.95. The minimum absolute atomic E-state index is 0.0181. The van der Waals surface area contributed by atoms with Crippen molar-refractivity contribution < 1.29 is 28.6 Å². The molecule has 7 heteroatoms. The number of benzene rings is 1. The number of carbonyl (C=O) groups is 2. The van der Waals surface area contributed by atoms with Crippen LogP contribution in [-0.2, 0) is 9.53 Å². The van der Waals surface area contributed by atoms with Crippen molar-refractivity contribution in [3.05, 3.63) is 65.3 Å². The van der Waals surface area contributed by atoms with E-state index in [9.17, 15) is 14.7 Å². The molecule has 0 saturated carbocycles. The molecule has 0 saturated heterocycles. The summed E-state index contributed by atoms with van der Waals surface area (Å²) in [6.45, 7) is 3.43. The van der Waals surface area contributed by atoms with Gasteiger partial charge >= 0.3 is 0 Å². The quantitative estimate of drug-likeness (QED) is 0.484. The number of furan rings is 1. The molecule has 0 spiro atoms. The van der Waals surface area contributed by atoms with E-state index in [1.165, 1.54) is 17.2 Å². The zero-order chi connectivity index (χ0) is 20.8. The second-order valence-electron chi connectivity index (χ2n) is 6.73. The van der Waals surface area contributed by atoms with E-state index >= 15 is 0 Å². The van der Waals surface area contributed by atoms with Crippen LogP contribution in [0, 0.1) is 0 Å².